The number of nitrogens with one attached hydrogen (secondary N) is 2. The van der Waals surface area contributed by atoms with E-state index in [1.165, 1.54) is 10.8 Å². The van der Waals surface area contributed by atoms with Crippen LogP contribution in [0.4, 0.5) is 0 Å². The molecule has 0 amide bonds. The van der Waals surface area contributed by atoms with Crippen molar-refractivity contribution in [2.75, 3.05) is 0 Å². The summed E-state index contributed by atoms with van der Waals surface area (Å²) < 4.78 is 0. The predicted molar refractivity (Wildman–Crippen MR) is 156 cm³/mol. The molecule has 6 nitrogen and oxygen atoms in total. The van der Waals surface area contributed by atoms with E-state index in [1.807, 2.05) is 61.4 Å². The Kier molecular flexibility index (Phi) is 4.79. The molecule has 0 saturated carbocycles. The van der Waals surface area contributed by atoms with Crippen LogP contribution >= 0.6 is 0 Å². The van der Waals surface area contributed by atoms with Crippen molar-refractivity contribution in [2.45, 2.75) is 6.42 Å². The van der Waals surface area contributed by atoms with Gasteiger partial charge in [0.1, 0.15) is 0 Å². The van der Waals surface area contributed by atoms with Gasteiger partial charge in [0, 0.05) is 98.4 Å². The van der Waals surface area contributed by atoms with E-state index in [0.29, 0.717) is 0 Å². The van der Waals surface area contributed by atoms with Gasteiger partial charge in [-0.25, -0.2) is 0 Å². The van der Waals surface area contributed by atoms with Crippen molar-refractivity contribution in [3.63, 3.8) is 0 Å². The van der Waals surface area contributed by atoms with Crippen molar-refractivity contribution in [1.82, 2.24) is 29.9 Å². The van der Waals surface area contributed by atoms with Gasteiger partial charge in [0.2, 0.25) is 0 Å². The van der Waals surface area contributed by atoms with Gasteiger partial charge in [-0.15, -0.1) is 0 Å². The minimum Gasteiger partial charge on any atom is -0.358 e. The second-order valence-electron chi connectivity index (χ2n) is 9.82. The Morgan fingerprint density at radius 2 is 1.03 bits per heavy atom. The van der Waals surface area contributed by atoms with E-state index in [-0.39, 0.29) is 0 Å². The van der Waals surface area contributed by atoms with Gasteiger partial charge >= 0.3 is 0 Å². The molecule has 8 aromatic rings. The maximum Gasteiger partial charge on any atom is 0.0802 e. The van der Waals surface area contributed by atoms with E-state index in [0.717, 1.165) is 72.9 Å². The monoisotopic (exact) mass is 502 g/mol. The zero-order chi connectivity index (χ0) is 25.8. The first-order valence-electron chi connectivity index (χ1n) is 12.9. The maximum atomic E-state index is 4.75. The molecule has 0 unspecified atom stereocenters. The van der Waals surface area contributed by atoms with E-state index in [2.05, 4.69) is 68.5 Å². The van der Waals surface area contributed by atoms with Crippen LogP contribution in [0.1, 0.15) is 11.4 Å². The third-order valence-corrected chi connectivity index (χ3v) is 7.44. The highest BCUT2D eigenvalue weighted by molar-refractivity contribution is 6.03. The zero-order valence-electron chi connectivity index (χ0n) is 20.9. The smallest absolute Gasteiger partial charge is 0.0802 e. The Labute approximate surface area is 223 Å². The van der Waals surface area contributed by atoms with Crippen LogP contribution in [-0.4, -0.2) is 29.9 Å². The highest BCUT2D eigenvalue weighted by atomic mass is 14.8. The molecular formula is C33H22N6. The van der Waals surface area contributed by atoms with E-state index in [9.17, 15) is 0 Å². The topological polar surface area (TPSA) is 83.1 Å². The van der Waals surface area contributed by atoms with Crippen molar-refractivity contribution >= 4 is 43.4 Å². The summed E-state index contributed by atoms with van der Waals surface area (Å²) in [6.45, 7) is 0. The standard InChI is InChI=1S/C33H22N6/c1-3-20-15-24(38-30(20)28(5-1)32-26-9-11-34-18-22(26)7-13-36-32)17-25-16-21-4-2-6-29(31(21)39-25)33-27-10-12-35-19-23(27)8-14-37-33/h1-16,18-19,38-39H,17H2. The second kappa shape index (κ2) is 8.60. The van der Waals surface area contributed by atoms with Crippen LogP contribution < -0.4 is 0 Å². The summed E-state index contributed by atoms with van der Waals surface area (Å²) in [6.07, 6.45) is 11.9. The number of para-hydroxylation sites is 2. The lowest BCUT2D eigenvalue weighted by molar-refractivity contribution is 1.07. The van der Waals surface area contributed by atoms with Gasteiger partial charge in [-0.3, -0.25) is 19.9 Å². The number of benzene rings is 2. The van der Waals surface area contributed by atoms with Gasteiger partial charge in [-0.2, -0.15) is 0 Å². The number of fused-ring (bicyclic) bond motifs is 4. The third-order valence-electron chi connectivity index (χ3n) is 7.44. The van der Waals surface area contributed by atoms with Gasteiger partial charge in [0.15, 0.2) is 0 Å². The van der Waals surface area contributed by atoms with Gasteiger partial charge in [0.25, 0.3) is 0 Å². The van der Waals surface area contributed by atoms with Gasteiger partial charge in [-0.1, -0.05) is 36.4 Å². The summed E-state index contributed by atoms with van der Waals surface area (Å²) in [5.41, 5.74) is 8.56. The maximum absolute atomic E-state index is 4.75. The Hall–Kier alpha value is -5.36. The molecule has 0 radical (unpaired) electrons. The molecule has 0 spiro atoms. The molecule has 184 valence electrons. The first-order valence-corrected chi connectivity index (χ1v) is 12.9. The highest BCUT2D eigenvalue weighted by Gasteiger charge is 2.14. The molecule has 6 aromatic heterocycles. The van der Waals surface area contributed by atoms with E-state index < -0.39 is 0 Å². The van der Waals surface area contributed by atoms with Gasteiger partial charge in [0.05, 0.1) is 22.4 Å². The predicted octanol–water partition coefficient (Wildman–Crippen LogP) is 7.46. The number of aromatic amines is 2. The lowest BCUT2D eigenvalue weighted by Gasteiger charge is -2.07. The lowest BCUT2D eigenvalue weighted by atomic mass is 10.0. The second-order valence-corrected chi connectivity index (χ2v) is 9.82. The van der Waals surface area contributed by atoms with Crippen LogP contribution in [0.2, 0.25) is 0 Å². The molecule has 8 rings (SSSR count). The summed E-state index contributed by atoms with van der Waals surface area (Å²) >= 11 is 0. The Bertz CT molecular complexity index is 2010. The number of nitrogens with zero attached hydrogens (tertiary/aromatic N) is 4. The molecule has 0 atom stereocenters. The molecule has 0 aliphatic carbocycles. The molecule has 39 heavy (non-hydrogen) atoms. The van der Waals surface area contributed by atoms with Crippen LogP contribution in [0.3, 0.4) is 0 Å². The fraction of sp³-hybridized carbons (Fsp3) is 0.0303. The number of rotatable bonds is 4. The van der Waals surface area contributed by atoms with E-state index >= 15 is 0 Å². The van der Waals surface area contributed by atoms with Crippen LogP contribution in [0.5, 0.6) is 0 Å². The molecule has 6 heteroatoms. The molecule has 2 aromatic carbocycles. The highest BCUT2D eigenvalue weighted by Crippen LogP contribution is 2.34. The molecule has 6 heterocycles. The van der Waals surface area contributed by atoms with Crippen LogP contribution in [0.25, 0.3) is 65.9 Å². The van der Waals surface area contributed by atoms with Crippen molar-refractivity contribution in [3.8, 4) is 22.5 Å². The SMILES string of the molecule is c1cc(-c2nccc3cnccc23)c2[nH]c(Cc3cc4cccc(-c5nccc6cnccc56)c4[nH]3)cc2c1. The quantitative estimate of drug-likeness (QED) is 0.262. The van der Waals surface area contributed by atoms with Gasteiger partial charge in [-0.05, 0) is 36.4 Å². The molecule has 0 saturated heterocycles. The van der Waals surface area contributed by atoms with Crippen molar-refractivity contribution in [3.05, 3.63) is 121 Å². The average Bonchev–Trinajstić information content (AvgIpc) is 3.60. The average molecular weight is 503 g/mol. The number of hydrogen-bond donors (Lipinski definition) is 2. The van der Waals surface area contributed by atoms with E-state index in [4.69, 9.17) is 9.97 Å². The summed E-state index contributed by atoms with van der Waals surface area (Å²) in [5.74, 6) is 0. The summed E-state index contributed by atoms with van der Waals surface area (Å²) in [5, 5.41) is 6.69. The molecule has 0 aliphatic heterocycles. The summed E-state index contributed by atoms with van der Waals surface area (Å²) in [4.78, 5) is 25.4. The number of pyridine rings is 4. The lowest BCUT2D eigenvalue weighted by Crippen LogP contribution is -1.90. The van der Waals surface area contributed by atoms with E-state index in [1.54, 1.807) is 0 Å². The Morgan fingerprint density at radius 3 is 1.54 bits per heavy atom. The largest absolute Gasteiger partial charge is 0.358 e. The number of aromatic nitrogens is 6. The first kappa shape index (κ1) is 21.7. The molecule has 2 N–H and O–H groups in total. The normalized spacial score (nSPS) is 11.7. The summed E-state index contributed by atoms with van der Waals surface area (Å²) in [7, 11) is 0. The van der Waals surface area contributed by atoms with Crippen LogP contribution in [0, 0.1) is 0 Å². The Morgan fingerprint density at radius 1 is 0.513 bits per heavy atom. The van der Waals surface area contributed by atoms with Crippen molar-refractivity contribution in [1.29, 1.82) is 0 Å². The Balaban J connectivity index is 1.21. The molecule has 0 bridgehead atoms. The van der Waals surface area contributed by atoms with Crippen molar-refractivity contribution in [2.24, 2.45) is 0 Å². The molecular weight excluding hydrogens is 480 g/mol. The fourth-order valence-corrected chi connectivity index (χ4v) is 5.68. The summed E-state index contributed by atoms with van der Waals surface area (Å²) in [6, 6.07) is 25.3. The number of hydrogen-bond acceptors (Lipinski definition) is 4. The van der Waals surface area contributed by atoms with Gasteiger partial charge < -0.3 is 9.97 Å². The van der Waals surface area contributed by atoms with Crippen LogP contribution in [-0.2, 0) is 6.42 Å². The van der Waals surface area contributed by atoms with Crippen molar-refractivity contribution < 1.29 is 0 Å². The minimum absolute atomic E-state index is 0.752. The molecule has 0 aliphatic rings. The minimum atomic E-state index is 0.752. The zero-order valence-corrected chi connectivity index (χ0v) is 20.9. The third kappa shape index (κ3) is 3.57. The first-order chi connectivity index (χ1) is 19.3. The fourth-order valence-electron chi connectivity index (χ4n) is 5.68. The number of H-pyrrole nitrogens is 2. The molecule has 0 fully saturated rings. The van der Waals surface area contributed by atoms with Crippen LogP contribution in [0.15, 0.2) is 110 Å².